The number of ether oxygens (including phenoxy) is 2. The van der Waals surface area contributed by atoms with Gasteiger partial charge in [0, 0.05) is 17.7 Å². The van der Waals surface area contributed by atoms with E-state index in [0.29, 0.717) is 5.56 Å². The molecule has 0 aromatic heterocycles. The fourth-order valence-corrected chi connectivity index (χ4v) is 1.40. The van der Waals surface area contributed by atoms with Gasteiger partial charge in [-0.3, -0.25) is 0 Å². The van der Waals surface area contributed by atoms with Crippen LogP contribution >= 0.6 is 12.4 Å². The van der Waals surface area contributed by atoms with Gasteiger partial charge in [-0.2, -0.15) is 5.26 Å². The normalized spacial score (nSPS) is 12.0. The summed E-state index contributed by atoms with van der Waals surface area (Å²) in [6, 6.07) is 4.82. The van der Waals surface area contributed by atoms with E-state index in [1.165, 1.54) is 13.2 Å². The van der Waals surface area contributed by atoms with Gasteiger partial charge < -0.3 is 15.2 Å². The molecule has 0 heterocycles. The average Bonchev–Trinajstić information content (AvgIpc) is 2.27. The Labute approximate surface area is 114 Å². The number of hydrogen-bond acceptors (Lipinski definition) is 4. The van der Waals surface area contributed by atoms with Crippen molar-refractivity contribution in [2.75, 3.05) is 7.11 Å². The van der Waals surface area contributed by atoms with Gasteiger partial charge in [-0.25, -0.2) is 0 Å². The van der Waals surface area contributed by atoms with Crippen LogP contribution in [0, 0.1) is 11.3 Å². The lowest BCUT2D eigenvalue weighted by Crippen LogP contribution is -2.17. The number of nitriles is 1. The van der Waals surface area contributed by atoms with Gasteiger partial charge in [0.25, 0.3) is 0 Å². The summed E-state index contributed by atoms with van der Waals surface area (Å²) >= 11 is 0. The van der Waals surface area contributed by atoms with E-state index in [-0.39, 0.29) is 24.6 Å². The molecular formula is C11H12ClF3N2O2. The van der Waals surface area contributed by atoms with Crippen molar-refractivity contribution < 1.29 is 22.6 Å². The highest BCUT2D eigenvalue weighted by Crippen LogP contribution is 2.32. The zero-order chi connectivity index (χ0) is 13.8. The monoisotopic (exact) mass is 296 g/mol. The van der Waals surface area contributed by atoms with Gasteiger partial charge >= 0.3 is 6.36 Å². The fourth-order valence-electron chi connectivity index (χ4n) is 1.40. The summed E-state index contributed by atoms with van der Waals surface area (Å²) < 4.78 is 44.8. The summed E-state index contributed by atoms with van der Waals surface area (Å²) in [6.07, 6.45) is -4.73. The molecule has 1 rings (SSSR count). The number of benzene rings is 1. The van der Waals surface area contributed by atoms with Crippen molar-refractivity contribution in [1.29, 1.82) is 5.26 Å². The summed E-state index contributed by atoms with van der Waals surface area (Å²) in [5.41, 5.74) is 6.15. The second-order valence-electron chi connectivity index (χ2n) is 3.42. The molecular weight excluding hydrogens is 285 g/mol. The number of nitrogens with zero attached hydrogens (tertiary/aromatic N) is 1. The molecule has 2 N–H and O–H groups in total. The topological polar surface area (TPSA) is 68.3 Å². The van der Waals surface area contributed by atoms with Crippen molar-refractivity contribution in [2.45, 2.75) is 18.8 Å². The second-order valence-corrected chi connectivity index (χ2v) is 3.42. The van der Waals surface area contributed by atoms with Crippen molar-refractivity contribution in [2.24, 2.45) is 5.73 Å². The molecule has 0 saturated heterocycles. The summed E-state index contributed by atoms with van der Waals surface area (Å²) in [6.45, 7) is 0. The summed E-state index contributed by atoms with van der Waals surface area (Å²) in [4.78, 5) is 0. The number of alkyl halides is 3. The minimum absolute atomic E-state index is 0. The molecule has 19 heavy (non-hydrogen) atoms. The van der Waals surface area contributed by atoms with E-state index in [2.05, 4.69) is 4.74 Å². The maximum absolute atomic E-state index is 12.0. The van der Waals surface area contributed by atoms with Crippen LogP contribution < -0.4 is 15.2 Å². The zero-order valence-corrected chi connectivity index (χ0v) is 10.7. The molecule has 0 spiro atoms. The third-order valence-corrected chi connectivity index (χ3v) is 2.15. The molecule has 0 aliphatic carbocycles. The lowest BCUT2D eigenvalue weighted by atomic mass is 10.0. The minimum Gasteiger partial charge on any atom is -0.496 e. The van der Waals surface area contributed by atoms with E-state index >= 15 is 0 Å². The van der Waals surface area contributed by atoms with Crippen molar-refractivity contribution >= 4 is 12.4 Å². The van der Waals surface area contributed by atoms with Gasteiger partial charge in [0.1, 0.15) is 11.5 Å². The Balaban J connectivity index is 0.00000324. The van der Waals surface area contributed by atoms with E-state index in [9.17, 15) is 13.2 Å². The SMILES string of the molecule is COc1cc(OC(F)(F)F)ccc1[C@@H](N)CC#N.Cl. The molecule has 0 aliphatic rings. The minimum atomic E-state index is -4.76. The smallest absolute Gasteiger partial charge is 0.496 e. The predicted octanol–water partition coefficient (Wildman–Crippen LogP) is 2.93. The molecule has 0 unspecified atom stereocenters. The highest BCUT2D eigenvalue weighted by molar-refractivity contribution is 5.85. The third-order valence-electron chi connectivity index (χ3n) is 2.15. The first kappa shape index (κ1) is 17.4. The first-order valence-electron chi connectivity index (χ1n) is 4.93. The highest BCUT2D eigenvalue weighted by Gasteiger charge is 2.31. The first-order valence-corrected chi connectivity index (χ1v) is 4.93. The molecule has 0 radical (unpaired) electrons. The average molecular weight is 297 g/mol. The van der Waals surface area contributed by atoms with Crippen LogP contribution in [-0.2, 0) is 0 Å². The van der Waals surface area contributed by atoms with Crippen molar-refractivity contribution in [3.05, 3.63) is 23.8 Å². The molecule has 1 aromatic rings. The third kappa shape index (κ3) is 5.24. The Morgan fingerprint density at radius 1 is 1.42 bits per heavy atom. The lowest BCUT2D eigenvalue weighted by Gasteiger charge is -2.15. The van der Waals surface area contributed by atoms with Crippen molar-refractivity contribution in [3.8, 4) is 17.6 Å². The molecule has 0 aliphatic heterocycles. The van der Waals surface area contributed by atoms with Gasteiger partial charge in [-0.05, 0) is 6.07 Å². The first-order chi connectivity index (χ1) is 8.37. The largest absolute Gasteiger partial charge is 0.573 e. The molecule has 8 heteroatoms. The van der Waals surface area contributed by atoms with Crippen LogP contribution in [0.15, 0.2) is 18.2 Å². The lowest BCUT2D eigenvalue weighted by molar-refractivity contribution is -0.274. The van der Waals surface area contributed by atoms with Crippen LogP contribution in [0.5, 0.6) is 11.5 Å². The van der Waals surface area contributed by atoms with Gasteiger partial charge in [-0.15, -0.1) is 25.6 Å². The predicted molar refractivity (Wildman–Crippen MR) is 64.1 cm³/mol. The summed E-state index contributed by atoms with van der Waals surface area (Å²) in [5.74, 6) is -0.244. The van der Waals surface area contributed by atoms with Crippen LogP contribution in [0.1, 0.15) is 18.0 Å². The molecule has 0 bridgehead atoms. The molecule has 1 aromatic carbocycles. The van der Waals surface area contributed by atoms with Crippen molar-refractivity contribution in [1.82, 2.24) is 0 Å². The van der Waals surface area contributed by atoms with Crippen LogP contribution in [0.25, 0.3) is 0 Å². The van der Waals surface area contributed by atoms with Gasteiger partial charge in [0.15, 0.2) is 0 Å². The standard InChI is InChI=1S/C11H11F3N2O2.ClH/c1-17-10-6-7(18-11(12,13)14)2-3-8(10)9(16)4-5-15;/h2-3,6,9H,4,16H2,1H3;1H/t9-;/m0./s1. The Hall–Kier alpha value is -1.65. The number of hydrogen-bond donors (Lipinski definition) is 1. The Morgan fingerprint density at radius 3 is 2.53 bits per heavy atom. The van der Waals surface area contributed by atoms with Crippen LogP contribution in [0.4, 0.5) is 13.2 Å². The Morgan fingerprint density at radius 2 is 2.05 bits per heavy atom. The van der Waals surface area contributed by atoms with E-state index in [1.807, 2.05) is 6.07 Å². The van der Waals surface area contributed by atoms with E-state index in [0.717, 1.165) is 12.1 Å². The maximum atomic E-state index is 12.0. The summed E-state index contributed by atoms with van der Waals surface area (Å²) in [5, 5.41) is 8.52. The highest BCUT2D eigenvalue weighted by atomic mass is 35.5. The van der Waals surface area contributed by atoms with Crippen LogP contribution in [0.3, 0.4) is 0 Å². The van der Waals surface area contributed by atoms with Crippen LogP contribution in [0.2, 0.25) is 0 Å². The zero-order valence-electron chi connectivity index (χ0n) is 9.90. The van der Waals surface area contributed by atoms with Gasteiger partial charge in [0.2, 0.25) is 0 Å². The van der Waals surface area contributed by atoms with Gasteiger partial charge in [-0.1, -0.05) is 6.07 Å². The van der Waals surface area contributed by atoms with Crippen LogP contribution in [-0.4, -0.2) is 13.5 Å². The van der Waals surface area contributed by atoms with E-state index in [1.54, 1.807) is 0 Å². The Bertz CT molecular complexity index is 460. The van der Waals surface area contributed by atoms with E-state index < -0.39 is 18.2 Å². The number of rotatable bonds is 4. The molecule has 106 valence electrons. The molecule has 0 fully saturated rings. The Kier molecular flexibility index (Phi) is 6.45. The van der Waals surface area contributed by atoms with Crippen molar-refractivity contribution in [3.63, 3.8) is 0 Å². The molecule has 4 nitrogen and oxygen atoms in total. The molecule has 0 amide bonds. The fraction of sp³-hybridized carbons (Fsp3) is 0.364. The number of methoxy groups -OCH3 is 1. The second kappa shape index (κ2) is 7.07. The quantitative estimate of drug-likeness (QED) is 0.927. The van der Waals surface area contributed by atoms with Gasteiger partial charge in [0.05, 0.1) is 19.6 Å². The number of halogens is 4. The number of nitrogens with two attached hydrogens (primary N) is 1. The van der Waals surface area contributed by atoms with E-state index in [4.69, 9.17) is 15.7 Å². The maximum Gasteiger partial charge on any atom is 0.573 e. The molecule has 1 atom stereocenters. The molecule has 0 saturated carbocycles. The summed E-state index contributed by atoms with van der Waals surface area (Å²) in [7, 11) is 1.30.